The van der Waals surface area contributed by atoms with Gasteiger partial charge in [-0.25, -0.2) is 9.18 Å². The second-order valence-electron chi connectivity index (χ2n) is 5.00. The van der Waals surface area contributed by atoms with Crippen LogP contribution in [0.15, 0.2) is 24.3 Å². The summed E-state index contributed by atoms with van der Waals surface area (Å²) < 4.78 is 18.2. The van der Waals surface area contributed by atoms with E-state index < -0.39 is 17.8 Å². The zero-order chi connectivity index (χ0) is 17.9. The van der Waals surface area contributed by atoms with Crippen LogP contribution < -0.4 is 16.0 Å². The highest BCUT2D eigenvalue weighted by atomic mass is 19.1. The van der Waals surface area contributed by atoms with Crippen molar-refractivity contribution in [3.63, 3.8) is 0 Å². The van der Waals surface area contributed by atoms with E-state index in [4.69, 9.17) is 4.74 Å². The number of anilines is 1. The number of likely N-dealkylation sites (N-methyl/N-ethyl adjacent to an activating group) is 1. The van der Waals surface area contributed by atoms with Gasteiger partial charge in [0.15, 0.2) is 0 Å². The number of hydrogen-bond acceptors (Lipinski definition) is 5. The van der Waals surface area contributed by atoms with Crippen LogP contribution >= 0.6 is 0 Å². The van der Waals surface area contributed by atoms with Crippen LogP contribution in [-0.4, -0.2) is 63.1 Å². The minimum absolute atomic E-state index is 0.00787. The lowest BCUT2D eigenvalue weighted by Crippen LogP contribution is -2.44. The van der Waals surface area contributed by atoms with Crippen LogP contribution in [0.25, 0.3) is 0 Å². The minimum Gasteiger partial charge on any atom is -0.383 e. The maximum atomic E-state index is 13.4. The number of amides is 4. The highest BCUT2D eigenvalue weighted by Crippen LogP contribution is 2.11. The van der Waals surface area contributed by atoms with Gasteiger partial charge in [-0.15, -0.1) is 0 Å². The van der Waals surface area contributed by atoms with E-state index in [0.29, 0.717) is 13.2 Å². The monoisotopic (exact) mass is 340 g/mol. The third-order valence-electron chi connectivity index (χ3n) is 2.83. The Hall–Kier alpha value is -2.52. The van der Waals surface area contributed by atoms with Crippen LogP contribution in [0.1, 0.15) is 0 Å². The number of nitrogens with zero attached hydrogens (tertiary/aromatic N) is 1. The summed E-state index contributed by atoms with van der Waals surface area (Å²) in [5.74, 6) is -1.49. The van der Waals surface area contributed by atoms with E-state index in [1.165, 1.54) is 30.2 Å². The van der Waals surface area contributed by atoms with E-state index in [1.54, 1.807) is 13.1 Å². The largest absolute Gasteiger partial charge is 0.383 e. The summed E-state index contributed by atoms with van der Waals surface area (Å²) in [4.78, 5) is 36.3. The fourth-order valence-electron chi connectivity index (χ4n) is 1.78. The molecule has 3 N–H and O–H groups in total. The molecule has 1 aromatic carbocycles. The summed E-state index contributed by atoms with van der Waals surface area (Å²) in [5.41, 5.74) is -0.0336. The van der Waals surface area contributed by atoms with E-state index in [9.17, 15) is 18.8 Å². The lowest BCUT2D eigenvalue weighted by molar-refractivity contribution is -0.124. The molecule has 0 saturated carbocycles. The highest BCUT2D eigenvalue weighted by Gasteiger charge is 2.13. The SMILES string of the molecule is COCCNC(=O)CN(C)CC(=O)NC(=O)Nc1ccccc1F. The molecule has 132 valence electrons. The Kier molecular flexibility index (Phi) is 8.37. The van der Waals surface area contributed by atoms with Gasteiger partial charge in [0.05, 0.1) is 25.4 Å². The Labute approximate surface area is 139 Å². The van der Waals surface area contributed by atoms with Crippen LogP contribution in [0.2, 0.25) is 0 Å². The quantitative estimate of drug-likeness (QED) is 0.586. The predicted octanol–water partition coefficient (Wildman–Crippen LogP) is 0.168. The van der Waals surface area contributed by atoms with Crippen LogP contribution in [0.4, 0.5) is 14.9 Å². The van der Waals surface area contributed by atoms with Gasteiger partial charge in [0, 0.05) is 13.7 Å². The molecule has 0 atom stereocenters. The molecule has 24 heavy (non-hydrogen) atoms. The van der Waals surface area contributed by atoms with Gasteiger partial charge in [-0.05, 0) is 19.2 Å². The van der Waals surface area contributed by atoms with Crippen molar-refractivity contribution in [2.45, 2.75) is 0 Å². The maximum Gasteiger partial charge on any atom is 0.326 e. The van der Waals surface area contributed by atoms with Crippen LogP contribution in [0.5, 0.6) is 0 Å². The molecule has 0 aliphatic carbocycles. The Balaban J connectivity index is 2.33. The van der Waals surface area contributed by atoms with Crippen molar-refractivity contribution in [3.8, 4) is 0 Å². The van der Waals surface area contributed by atoms with Crippen molar-refractivity contribution >= 4 is 23.5 Å². The normalized spacial score (nSPS) is 10.3. The number of carbonyl (C=O) groups excluding carboxylic acids is 3. The zero-order valence-electron chi connectivity index (χ0n) is 13.6. The topological polar surface area (TPSA) is 99.8 Å². The lowest BCUT2D eigenvalue weighted by atomic mass is 10.3. The average molecular weight is 340 g/mol. The molecule has 9 heteroatoms. The molecule has 0 heterocycles. The second-order valence-corrected chi connectivity index (χ2v) is 5.00. The molecule has 0 aliphatic heterocycles. The number of nitrogens with one attached hydrogen (secondary N) is 3. The number of benzene rings is 1. The Morgan fingerprint density at radius 1 is 1.17 bits per heavy atom. The number of para-hydroxylation sites is 1. The number of urea groups is 1. The molecule has 1 rings (SSSR count). The maximum absolute atomic E-state index is 13.4. The third-order valence-corrected chi connectivity index (χ3v) is 2.83. The first kappa shape index (κ1) is 19.5. The van der Waals surface area contributed by atoms with E-state index in [-0.39, 0.29) is 24.7 Å². The number of methoxy groups -OCH3 is 1. The third kappa shape index (κ3) is 7.65. The van der Waals surface area contributed by atoms with Crippen molar-refractivity contribution in [2.75, 3.05) is 45.7 Å². The predicted molar refractivity (Wildman–Crippen MR) is 85.9 cm³/mol. The van der Waals surface area contributed by atoms with E-state index in [1.807, 2.05) is 0 Å². The molecule has 4 amide bonds. The molecule has 0 spiro atoms. The molecule has 0 aliphatic rings. The Morgan fingerprint density at radius 3 is 2.50 bits per heavy atom. The van der Waals surface area contributed by atoms with Gasteiger partial charge >= 0.3 is 6.03 Å². The number of halogens is 1. The minimum atomic E-state index is -0.844. The van der Waals surface area contributed by atoms with Gasteiger partial charge in [-0.3, -0.25) is 19.8 Å². The molecular weight excluding hydrogens is 319 g/mol. The first-order chi connectivity index (χ1) is 11.4. The van der Waals surface area contributed by atoms with Crippen molar-refractivity contribution < 1.29 is 23.5 Å². The molecular formula is C15H21FN4O4. The Bertz CT molecular complexity index is 582. The van der Waals surface area contributed by atoms with Crippen molar-refractivity contribution in [3.05, 3.63) is 30.1 Å². The number of hydrogen-bond donors (Lipinski definition) is 3. The molecule has 0 unspecified atom stereocenters. The van der Waals surface area contributed by atoms with Crippen LogP contribution in [0.3, 0.4) is 0 Å². The van der Waals surface area contributed by atoms with Crippen LogP contribution in [-0.2, 0) is 14.3 Å². The van der Waals surface area contributed by atoms with Crippen LogP contribution in [0, 0.1) is 5.82 Å². The molecule has 0 radical (unpaired) electrons. The standard InChI is InChI=1S/C15H21FN4O4/c1-20(9-13(21)17-7-8-24-2)10-14(22)19-15(23)18-12-6-4-3-5-11(12)16/h3-6H,7-10H2,1-2H3,(H,17,21)(H2,18,19,22,23). The first-order valence-electron chi connectivity index (χ1n) is 7.22. The van der Waals surface area contributed by atoms with Crippen molar-refractivity contribution in [1.82, 2.24) is 15.5 Å². The fourth-order valence-corrected chi connectivity index (χ4v) is 1.78. The second kappa shape index (κ2) is 10.3. The summed E-state index contributed by atoms with van der Waals surface area (Å²) in [5, 5.41) is 6.90. The van der Waals surface area contributed by atoms with Gasteiger partial charge in [-0.2, -0.15) is 0 Å². The summed E-state index contributed by atoms with van der Waals surface area (Å²) >= 11 is 0. The fraction of sp³-hybridized carbons (Fsp3) is 0.400. The number of rotatable bonds is 8. The van der Waals surface area contributed by atoms with Crippen molar-refractivity contribution in [1.29, 1.82) is 0 Å². The average Bonchev–Trinajstić information content (AvgIpc) is 2.49. The smallest absolute Gasteiger partial charge is 0.326 e. The van der Waals surface area contributed by atoms with E-state index in [2.05, 4.69) is 16.0 Å². The lowest BCUT2D eigenvalue weighted by Gasteiger charge is -2.15. The number of ether oxygens (including phenoxy) is 1. The van der Waals surface area contributed by atoms with Gasteiger partial charge in [0.2, 0.25) is 11.8 Å². The van der Waals surface area contributed by atoms with Gasteiger partial charge in [0.1, 0.15) is 5.82 Å². The summed E-state index contributed by atoms with van der Waals surface area (Å²) in [7, 11) is 3.08. The summed E-state index contributed by atoms with van der Waals surface area (Å²) in [6.07, 6.45) is 0. The highest BCUT2D eigenvalue weighted by molar-refractivity contribution is 6.01. The Morgan fingerprint density at radius 2 is 1.83 bits per heavy atom. The molecule has 0 fully saturated rings. The van der Waals surface area contributed by atoms with Gasteiger partial charge in [0.25, 0.3) is 0 Å². The first-order valence-corrected chi connectivity index (χ1v) is 7.22. The van der Waals surface area contributed by atoms with E-state index >= 15 is 0 Å². The van der Waals surface area contributed by atoms with Gasteiger partial charge < -0.3 is 15.4 Å². The zero-order valence-corrected chi connectivity index (χ0v) is 13.6. The summed E-state index contributed by atoms with van der Waals surface area (Å²) in [6, 6.07) is 4.75. The molecule has 8 nitrogen and oxygen atoms in total. The van der Waals surface area contributed by atoms with Gasteiger partial charge in [-0.1, -0.05) is 12.1 Å². The number of carbonyl (C=O) groups is 3. The molecule has 0 saturated heterocycles. The van der Waals surface area contributed by atoms with Crippen molar-refractivity contribution in [2.24, 2.45) is 0 Å². The molecule has 1 aromatic rings. The molecule has 0 aromatic heterocycles. The molecule has 0 bridgehead atoms. The van der Waals surface area contributed by atoms with E-state index in [0.717, 1.165) is 0 Å². The number of imide groups is 1. The summed E-state index contributed by atoms with van der Waals surface area (Å²) in [6.45, 7) is 0.598.